The minimum atomic E-state index is -0.0973. The number of rotatable bonds is 4. The van der Waals surface area contributed by atoms with Crippen LogP contribution >= 0.6 is 0 Å². The third kappa shape index (κ3) is 3.08. The lowest BCUT2D eigenvalue weighted by atomic mass is 10.2. The van der Waals surface area contributed by atoms with Gasteiger partial charge in [-0.15, -0.1) is 0 Å². The van der Waals surface area contributed by atoms with Crippen LogP contribution in [0.3, 0.4) is 0 Å². The van der Waals surface area contributed by atoms with Gasteiger partial charge in [-0.1, -0.05) is 0 Å². The number of aryl methyl sites for hydroxylation is 1. The van der Waals surface area contributed by atoms with Gasteiger partial charge in [0.2, 0.25) is 0 Å². The molecule has 7 nitrogen and oxygen atoms in total. The predicted octanol–water partition coefficient (Wildman–Crippen LogP) is 0.373. The molecular weight excluding hydrogens is 244 g/mol. The molecule has 0 aliphatic rings. The summed E-state index contributed by atoms with van der Waals surface area (Å²) >= 11 is 0. The fraction of sp³-hybridized carbons (Fsp3) is 0.250. The maximum Gasteiger partial charge on any atom is 0.255 e. The van der Waals surface area contributed by atoms with Crippen LogP contribution < -0.4 is 11.3 Å². The highest BCUT2D eigenvalue weighted by atomic mass is 16.2. The monoisotopic (exact) mass is 260 g/mol. The number of carbonyl (C=O) groups excluding carboxylic acids is 1. The molecule has 7 heteroatoms. The number of nitrogens with zero attached hydrogens (tertiary/aromatic N) is 4. The molecule has 0 saturated carbocycles. The van der Waals surface area contributed by atoms with Crippen LogP contribution in [0.2, 0.25) is 0 Å². The third-order valence-corrected chi connectivity index (χ3v) is 2.68. The van der Waals surface area contributed by atoms with Gasteiger partial charge in [-0.2, -0.15) is 5.10 Å². The first-order valence-electron chi connectivity index (χ1n) is 5.76. The molecule has 2 rings (SSSR count). The number of nitrogens with one attached hydrogen (secondary N) is 1. The van der Waals surface area contributed by atoms with Gasteiger partial charge in [-0.3, -0.25) is 9.48 Å². The van der Waals surface area contributed by atoms with Crippen LogP contribution in [0.4, 0.5) is 5.82 Å². The Hall–Kier alpha value is -2.41. The second-order valence-corrected chi connectivity index (χ2v) is 4.26. The SMILES string of the molecule is CN(Cc1cnn(C)c1)C(=O)c1ccc(NN)nc1. The summed E-state index contributed by atoms with van der Waals surface area (Å²) in [6.07, 6.45) is 5.12. The number of nitrogen functional groups attached to an aromatic ring is 1. The number of carbonyl (C=O) groups is 1. The molecule has 19 heavy (non-hydrogen) atoms. The Morgan fingerprint density at radius 1 is 1.47 bits per heavy atom. The molecule has 100 valence electrons. The van der Waals surface area contributed by atoms with Crippen molar-refractivity contribution in [3.63, 3.8) is 0 Å². The van der Waals surface area contributed by atoms with E-state index in [0.29, 0.717) is 17.9 Å². The van der Waals surface area contributed by atoms with Crippen molar-refractivity contribution < 1.29 is 4.79 Å². The molecule has 0 aromatic carbocycles. The van der Waals surface area contributed by atoms with Crippen LogP contribution in [-0.2, 0) is 13.6 Å². The molecule has 2 aromatic rings. The van der Waals surface area contributed by atoms with Crippen molar-refractivity contribution in [2.75, 3.05) is 12.5 Å². The quantitative estimate of drug-likeness (QED) is 0.612. The molecule has 0 spiro atoms. The first-order valence-corrected chi connectivity index (χ1v) is 5.76. The zero-order valence-corrected chi connectivity index (χ0v) is 10.9. The number of aromatic nitrogens is 3. The summed E-state index contributed by atoms with van der Waals surface area (Å²) < 4.78 is 1.71. The summed E-state index contributed by atoms with van der Waals surface area (Å²) in [5.74, 6) is 5.65. The maximum absolute atomic E-state index is 12.2. The van der Waals surface area contributed by atoms with Gasteiger partial charge in [0.25, 0.3) is 5.91 Å². The average molecular weight is 260 g/mol. The Kier molecular flexibility index (Phi) is 3.76. The molecule has 0 fully saturated rings. The van der Waals surface area contributed by atoms with Gasteiger partial charge in [-0.25, -0.2) is 10.8 Å². The first kappa shape index (κ1) is 13.0. The van der Waals surface area contributed by atoms with Gasteiger partial charge in [0.15, 0.2) is 0 Å². The van der Waals surface area contributed by atoms with Gasteiger partial charge in [-0.05, 0) is 12.1 Å². The molecule has 0 radical (unpaired) electrons. The molecule has 3 N–H and O–H groups in total. The molecule has 0 unspecified atom stereocenters. The van der Waals surface area contributed by atoms with E-state index in [2.05, 4.69) is 15.5 Å². The van der Waals surface area contributed by atoms with Crippen LogP contribution in [0, 0.1) is 0 Å². The molecule has 0 aliphatic carbocycles. The van der Waals surface area contributed by atoms with Crippen molar-refractivity contribution in [2.24, 2.45) is 12.9 Å². The largest absolute Gasteiger partial charge is 0.337 e. The molecule has 0 aliphatic heterocycles. The highest BCUT2D eigenvalue weighted by Gasteiger charge is 2.13. The third-order valence-electron chi connectivity index (χ3n) is 2.68. The summed E-state index contributed by atoms with van der Waals surface area (Å²) in [5, 5.41) is 4.07. The maximum atomic E-state index is 12.2. The van der Waals surface area contributed by atoms with Crippen LogP contribution in [-0.4, -0.2) is 32.6 Å². The van der Waals surface area contributed by atoms with E-state index in [1.165, 1.54) is 6.20 Å². The summed E-state index contributed by atoms with van der Waals surface area (Å²) in [6, 6.07) is 3.34. The minimum Gasteiger partial charge on any atom is -0.337 e. The van der Waals surface area contributed by atoms with Gasteiger partial charge < -0.3 is 10.3 Å². The number of hydrazine groups is 1. The van der Waals surface area contributed by atoms with E-state index in [4.69, 9.17) is 5.84 Å². The smallest absolute Gasteiger partial charge is 0.255 e. The molecule has 0 bridgehead atoms. The fourth-order valence-electron chi connectivity index (χ4n) is 1.73. The Morgan fingerprint density at radius 3 is 2.79 bits per heavy atom. The van der Waals surface area contributed by atoms with E-state index in [-0.39, 0.29) is 5.91 Å². The molecule has 2 heterocycles. The van der Waals surface area contributed by atoms with Crippen LogP contribution in [0.25, 0.3) is 0 Å². The van der Waals surface area contributed by atoms with E-state index < -0.39 is 0 Å². The lowest BCUT2D eigenvalue weighted by Crippen LogP contribution is -2.26. The van der Waals surface area contributed by atoms with Crippen molar-refractivity contribution in [1.29, 1.82) is 0 Å². The Morgan fingerprint density at radius 2 is 2.26 bits per heavy atom. The van der Waals surface area contributed by atoms with E-state index in [1.807, 2.05) is 13.2 Å². The predicted molar refractivity (Wildman–Crippen MR) is 71.1 cm³/mol. The lowest BCUT2D eigenvalue weighted by Gasteiger charge is -2.16. The molecule has 0 atom stereocenters. The van der Waals surface area contributed by atoms with E-state index in [1.54, 1.807) is 35.0 Å². The van der Waals surface area contributed by atoms with Gasteiger partial charge in [0, 0.05) is 38.6 Å². The number of hydrogen-bond donors (Lipinski definition) is 2. The Bertz CT molecular complexity index is 562. The highest BCUT2D eigenvalue weighted by Crippen LogP contribution is 2.09. The Labute approximate surface area is 111 Å². The van der Waals surface area contributed by atoms with Crippen LogP contribution in [0.5, 0.6) is 0 Å². The zero-order valence-electron chi connectivity index (χ0n) is 10.9. The first-order chi connectivity index (χ1) is 9.10. The van der Waals surface area contributed by atoms with E-state index >= 15 is 0 Å². The summed E-state index contributed by atoms with van der Waals surface area (Å²) in [6.45, 7) is 0.504. The van der Waals surface area contributed by atoms with Crippen molar-refractivity contribution in [2.45, 2.75) is 6.54 Å². The summed E-state index contributed by atoms with van der Waals surface area (Å²) in [5.41, 5.74) is 3.92. The Balaban J connectivity index is 2.05. The standard InChI is InChI=1S/C12H16N6O/c1-17(7-9-5-15-18(2)8-9)12(19)10-3-4-11(16-13)14-6-10/h3-6,8H,7,13H2,1-2H3,(H,14,16). The lowest BCUT2D eigenvalue weighted by molar-refractivity contribution is 0.0784. The summed E-state index contributed by atoms with van der Waals surface area (Å²) in [7, 11) is 3.58. The normalized spacial score (nSPS) is 10.3. The number of pyridine rings is 1. The number of amides is 1. The van der Waals surface area contributed by atoms with Crippen molar-refractivity contribution >= 4 is 11.7 Å². The molecule has 1 amide bonds. The highest BCUT2D eigenvalue weighted by molar-refractivity contribution is 5.93. The van der Waals surface area contributed by atoms with Crippen LogP contribution in [0.1, 0.15) is 15.9 Å². The number of hydrogen-bond acceptors (Lipinski definition) is 5. The van der Waals surface area contributed by atoms with Gasteiger partial charge in [0.1, 0.15) is 5.82 Å². The molecule has 0 saturated heterocycles. The van der Waals surface area contributed by atoms with Crippen molar-refractivity contribution in [3.05, 3.63) is 41.9 Å². The van der Waals surface area contributed by atoms with E-state index in [0.717, 1.165) is 5.56 Å². The van der Waals surface area contributed by atoms with E-state index in [9.17, 15) is 4.79 Å². The minimum absolute atomic E-state index is 0.0973. The fourth-order valence-corrected chi connectivity index (χ4v) is 1.73. The second-order valence-electron chi connectivity index (χ2n) is 4.26. The van der Waals surface area contributed by atoms with Crippen LogP contribution in [0.15, 0.2) is 30.7 Å². The number of nitrogens with two attached hydrogens (primary N) is 1. The van der Waals surface area contributed by atoms with Gasteiger partial charge >= 0.3 is 0 Å². The average Bonchev–Trinajstić information content (AvgIpc) is 2.83. The number of anilines is 1. The van der Waals surface area contributed by atoms with Crippen molar-refractivity contribution in [3.8, 4) is 0 Å². The molecule has 2 aromatic heterocycles. The topological polar surface area (TPSA) is 89.1 Å². The second kappa shape index (κ2) is 5.49. The summed E-state index contributed by atoms with van der Waals surface area (Å²) in [4.78, 5) is 17.8. The van der Waals surface area contributed by atoms with Gasteiger partial charge in [0.05, 0.1) is 11.8 Å². The molecular formula is C12H16N6O. The van der Waals surface area contributed by atoms with Crippen molar-refractivity contribution in [1.82, 2.24) is 19.7 Å². The zero-order chi connectivity index (χ0) is 13.8.